The number of carbonyl (C=O) groups is 2. The maximum Gasteiger partial charge on any atom is 0.251 e. The average molecular weight is 374 g/mol. The zero-order valence-electron chi connectivity index (χ0n) is 15.6. The van der Waals surface area contributed by atoms with Crippen LogP contribution in [-0.2, 0) is 11.2 Å². The van der Waals surface area contributed by atoms with E-state index in [1.54, 1.807) is 55.6 Å². The first kappa shape index (κ1) is 19.2. The Bertz CT molecular complexity index is 910. The molecule has 3 rings (SSSR count). The Labute approximate surface area is 164 Å². The van der Waals surface area contributed by atoms with E-state index < -0.39 is 6.04 Å². The molecule has 2 N–H and O–H groups in total. The fraction of sp³-hybridized carbons (Fsp3) is 0.130. The van der Waals surface area contributed by atoms with Gasteiger partial charge in [0.2, 0.25) is 5.91 Å². The van der Waals surface area contributed by atoms with Gasteiger partial charge in [-0.25, -0.2) is 0 Å². The lowest BCUT2D eigenvalue weighted by Gasteiger charge is -2.19. The Hall–Kier alpha value is -3.60. The van der Waals surface area contributed by atoms with Crippen molar-refractivity contribution >= 4 is 17.5 Å². The fourth-order valence-electron chi connectivity index (χ4n) is 2.79. The first-order chi connectivity index (χ1) is 13.7. The van der Waals surface area contributed by atoms with Gasteiger partial charge < -0.3 is 15.4 Å². The summed E-state index contributed by atoms with van der Waals surface area (Å²) in [5.41, 5.74) is 2.11. The predicted octanol–water partition coefficient (Wildman–Crippen LogP) is 3.68. The molecule has 0 aliphatic rings. The van der Waals surface area contributed by atoms with Crippen molar-refractivity contribution in [3.8, 4) is 5.75 Å². The van der Waals surface area contributed by atoms with Gasteiger partial charge in [0.1, 0.15) is 11.8 Å². The van der Waals surface area contributed by atoms with Crippen molar-refractivity contribution < 1.29 is 14.3 Å². The molecule has 5 heteroatoms. The second-order valence-corrected chi connectivity index (χ2v) is 6.30. The van der Waals surface area contributed by atoms with Gasteiger partial charge in [0, 0.05) is 17.7 Å². The lowest BCUT2D eigenvalue weighted by Crippen LogP contribution is -2.45. The van der Waals surface area contributed by atoms with Gasteiger partial charge in [0.05, 0.1) is 7.11 Å². The molecule has 0 saturated heterocycles. The second kappa shape index (κ2) is 9.37. The van der Waals surface area contributed by atoms with E-state index in [0.29, 0.717) is 23.4 Å². The molecule has 0 aliphatic carbocycles. The zero-order chi connectivity index (χ0) is 19.8. The number of hydrogen-bond donors (Lipinski definition) is 2. The minimum Gasteiger partial charge on any atom is -0.497 e. The van der Waals surface area contributed by atoms with Gasteiger partial charge in [0.15, 0.2) is 0 Å². The van der Waals surface area contributed by atoms with Crippen LogP contribution in [0.5, 0.6) is 5.75 Å². The largest absolute Gasteiger partial charge is 0.497 e. The van der Waals surface area contributed by atoms with Crippen molar-refractivity contribution in [2.75, 3.05) is 12.4 Å². The molecule has 1 atom stereocenters. The molecule has 0 fully saturated rings. The third-order valence-electron chi connectivity index (χ3n) is 4.30. The molecule has 0 aromatic heterocycles. The molecule has 0 radical (unpaired) electrons. The Morgan fingerprint density at radius 1 is 0.857 bits per heavy atom. The molecule has 2 amide bonds. The van der Waals surface area contributed by atoms with Crippen LogP contribution in [0.1, 0.15) is 15.9 Å². The number of carbonyl (C=O) groups excluding carboxylic acids is 2. The molecule has 3 aromatic rings. The van der Waals surface area contributed by atoms with E-state index in [0.717, 1.165) is 5.56 Å². The van der Waals surface area contributed by atoms with E-state index in [-0.39, 0.29) is 11.8 Å². The number of nitrogens with one attached hydrogen (secondary N) is 2. The van der Waals surface area contributed by atoms with E-state index >= 15 is 0 Å². The van der Waals surface area contributed by atoms with Crippen molar-refractivity contribution in [1.82, 2.24) is 5.32 Å². The summed E-state index contributed by atoms with van der Waals surface area (Å²) in [4.78, 5) is 25.5. The first-order valence-electron chi connectivity index (χ1n) is 9.00. The number of benzene rings is 3. The molecule has 0 spiro atoms. The van der Waals surface area contributed by atoms with E-state index in [9.17, 15) is 9.59 Å². The molecular weight excluding hydrogens is 352 g/mol. The monoisotopic (exact) mass is 374 g/mol. The second-order valence-electron chi connectivity index (χ2n) is 6.30. The number of amides is 2. The molecule has 0 aliphatic heterocycles. The predicted molar refractivity (Wildman–Crippen MR) is 109 cm³/mol. The normalized spacial score (nSPS) is 11.3. The third kappa shape index (κ3) is 5.20. The number of ether oxygens (including phenoxy) is 1. The van der Waals surface area contributed by atoms with Crippen molar-refractivity contribution in [2.24, 2.45) is 0 Å². The van der Waals surface area contributed by atoms with Crippen LogP contribution in [0.3, 0.4) is 0 Å². The van der Waals surface area contributed by atoms with Crippen LogP contribution in [0.25, 0.3) is 0 Å². The Morgan fingerprint density at radius 2 is 1.46 bits per heavy atom. The van der Waals surface area contributed by atoms with E-state index in [1.807, 2.05) is 36.4 Å². The van der Waals surface area contributed by atoms with E-state index in [1.165, 1.54) is 0 Å². The molecular formula is C23H22N2O3. The number of anilines is 1. The summed E-state index contributed by atoms with van der Waals surface area (Å²) >= 11 is 0. The molecule has 28 heavy (non-hydrogen) atoms. The van der Waals surface area contributed by atoms with Gasteiger partial charge in [-0.3, -0.25) is 9.59 Å². The lowest BCUT2D eigenvalue weighted by atomic mass is 10.0. The Morgan fingerprint density at radius 3 is 2.07 bits per heavy atom. The summed E-state index contributed by atoms with van der Waals surface area (Å²) in [5, 5.41) is 5.71. The van der Waals surface area contributed by atoms with Crippen molar-refractivity contribution in [1.29, 1.82) is 0 Å². The molecule has 142 valence electrons. The lowest BCUT2D eigenvalue weighted by molar-refractivity contribution is -0.118. The van der Waals surface area contributed by atoms with Crippen LogP contribution >= 0.6 is 0 Å². The van der Waals surface area contributed by atoms with Gasteiger partial charge in [-0.05, 0) is 42.0 Å². The Kier molecular flexibility index (Phi) is 6.41. The van der Waals surface area contributed by atoms with Crippen LogP contribution in [0.15, 0.2) is 84.9 Å². The average Bonchev–Trinajstić information content (AvgIpc) is 2.75. The molecule has 0 heterocycles. The summed E-state index contributed by atoms with van der Waals surface area (Å²) in [6.45, 7) is 0. The van der Waals surface area contributed by atoms with E-state index in [4.69, 9.17) is 4.74 Å². The zero-order valence-corrected chi connectivity index (χ0v) is 15.6. The van der Waals surface area contributed by atoms with Crippen LogP contribution in [0.2, 0.25) is 0 Å². The summed E-state index contributed by atoms with van der Waals surface area (Å²) in [7, 11) is 1.59. The smallest absolute Gasteiger partial charge is 0.251 e. The van der Waals surface area contributed by atoms with Gasteiger partial charge in [-0.15, -0.1) is 0 Å². The van der Waals surface area contributed by atoms with Crippen molar-refractivity contribution in [3.63, 3.8) is 0 Å². The van der Waals surface area contributed by atoms with Gasteiger partial charge >= 0.3 is 0 Å². The van der Waals surface area contributed by atoms with Crippen molar-refractivity contribution in [3.05, 3.63) is 96.1 Å². The van der Waals surface area contributed by atoms with Crippen LogP contribution < -0.4 is 15.4 Å². The highest BCUT2D eigenvalue weighted by Gasteiger charge is 2.22. The summed E-state index contributed by atoms with van der Waals surface area (Å²) in [6.07, 6.45) is 0.390. The van der Waals surface area contributed by atoms with Crippen LogP contribution in [0.4, 0.5) is 5.69 Å². The fourth-order valence-corrected chi connectivity index (χ4v) is 2.79. The quantitative estimate of drug-likeness (QED) is 0.663. The molecule has 0 saturated carbocycles. The van der Waals surface area contributed by atoms with Gasteiger partial charge in [0.25, 0.3) is 5.91 Å². The SMILES string of the molecule is COc1ccc(NC(=O)[C@H](Cc2ccccc2)NC(=O)c2ccccc2)cc1. The molecule has 3 aromatic carbocycles. The number of hydrogen-bond acceptors (Lipinski definition) is 3. The maximum absolute atomic E-state index is 12.9. The number of rotatable bonds is 7. The summed E-state index contributed by atoms with van der Waals surface area (Å²) in [6, 6.07) is 24.8. The first-order valence-corrected chi connectivity index (χ1v) is 9.00. The Balaban J connectivity index is 1.76. The highest BCUT2D eigenvalue weighted by atomic mass is 16.5. The standard InChI is InChI=1S/C23H22N2O3/c1-28-20-14-12-19(13-15-20)24-23(27)21(16-17-8-4-2-5-9-17)25-22(26)18-10-6-3-7-11-18/h2-15,21H,16H2,1H3,(H,24,27)(H,25,26)/t21-/m0/s1. The minimum absolute atomic E-state index is 0.279. The highest BCUT2D eigenvalue weighted by Crippen LogP contribution is 2.16. The third-order valence-corrected chi connectivity index (χ3v) is 4.30. The highest BCUT2D eigenvalue weighted by molar-refractivity contribution is 6.01. The maximum atomic E-state index is 12.9. The topological polar surface area (TPSA) is 67.4 Å². The van der Waals surface area contributed by atoms with Crippen LogP contribution in [0, 0.1) is 0 Å². The minimum atomic E-state index is -0.711. The molecule has 0 bridgehead atoms. The van der Waals surface area contributed by atoms with E-state index in [2.05, 4.69) is 10.6 Å². The number of methoxy groups -OCH3 is 1. The van der Waals surface area contributed by atoms with Crippen LogP contribution in [-0.4, -0.2) is 25.0 Å². The molecule has 5 nitrogen and oxygen atoms in total. The summed E-state index contributed by atoms with van der Waals surface area (Å²) < 4.78 is 5.13. The van der Waals surface area contributed by atoms with Gasteiger partial charge in [-0.2, -0.15) is 0 Å². The summed E-state index contributed by atoms with van der Waals surface area (Å²) in [5.74, 6) is 0.140. The molecule has 0 unspecified atom stereocenters. The van der Waals surface area contributed by atoms with Crippen molar-refractivity contribution in [2.45, 2.75) is 12.5 Å². The van der Waals surface area contributed by atoms with Gasteiger partial charge in [-0.1, -0.05) is 48.5 Å².